The molecule has 7 heteroatoms. The second-order valence-electron chi connectivity index (χ2n) is 3.98. The molecule has 0 aromatic carbocycles. The van der Waals surface area contributed by atoms with Crippen LogP contribution in [-0.2, 0) is 6.42 Å². The van der Waals surface area contributed by atoms with Crippen molar-refractivity contribution >= 4 is 0 Å². The van der Waals surface area contributed by atoms with Crippen LogP contribution in [0.15, 0.2) is 9.32 Å². The largest absolute Gasteiger partial charge is 0.441 e. The van der Waals surface area contributed by atoms with Crippen molar-refractivity contribution in [2.24, 2.45) is 0 Å². The molecule has 0 saturated heterocycles. The molecule has 2 rings (SSSR count). The summed E-state index contributed by atoms with van der Waals surface area (Å²) in [6.45, 7) is -0.123. The first-order chi connectivity index (χ1) is 7.68. The highest BCUT2D eigenvalue weighted by atomic mass is 16.6. The number of hydrogen-bond donors (Lipinski definition) is 0. The second-order valence-corrected chi connectivity index (χ2v) is 3.98. The Hall–Kier alpha value is -1.66. The maximum Gasteiger partial charge on any atom is 0.441 e. The Morgan fingerprint density at radius 3 is 3.12 bits per heavy atom. The summed E-state index contributed by atoms with van der Waals surface area (Å²) in [5, 5.41) is 14.0. The SMILES string of the molecule is O=c1onc2n1[C@H](CC[N+](=O)[O-])CCCC2. The lowest BCUT2D eigenvalue weighted by Gasteiger charge is -2.12. The van der Waals surface area contributed by atoms with Crippen LogP contribution in [-0.4, -0.2) is 21.2 Å². The van der Waals surface area contributed by atoms with E-state index >= 15 is 0 Å². The van der Waals surface area contributed by atoms with E-state index < -0.39 is 5.76 Å². The third kappa shape index (κ3) is 2.12. The van der Waals surface area contributed by atoms with Crippen molar-refractivity contribution in [2.45, 2.75) is 38.1 Å². The van der Waals surface area contributed by atoms with Gasteiger partial charge in [-0.3, -0.25) is 19.2 Å². The van der Waals surface area contributed by atoms with Crippen LogP contribution in [0.25, 0.3) is 0 Å². The number of aromatic nitrogens is 2. The zero-order valence-corrected chi connectivity index (χ0v) is 8.79. The van der Waals surface area contributed by atoms with Gasteiger partial charge in [0.25, 0.3) is 0 Å². The molecule has 1 aliphatic rings. The Labute approximate surface area is 91.2 Å². The molecular formula is C9H13N3O4. The molecule has 1 aromatic rings. The predicted molar refractivity (Wildman–Crippen MR) is 53.8 cm³/mol. The Morgan fingerprint density at radius 1 is 1.56 bits per heavy atom. The normalized spacial score (nSPS) is 20.1. The van der Waals surface area contributed by atoms with Gasteiger partial charge < -0.3 is 0 Å². The topological polar surface area (TPSA) is 91.2 Å². The summed E-state index contributed by atoms with van der Waals surface area (Å²) in [6.07, 6.45) is 3.76. The van der Waals surface area contributed by atoms with Crippen LogP contribution >= 0.6 is 0 Å². The number of nitro groups is 1. The first-order valence-corrected chi connectivity index (χ1v) is 5.37. The number of fused-ring (bicyclic) bond motifs is 1. The lowest BCUT2D eigenvalue weighted by Crippen LogP contribution is -2.23. The maximum absolute atomic E-state index is 11.4. The zero-order chi connectivity index (χ0) is 11.5. The molecule has 16 heavy (non-hydrogen) atoms. The molecule has 2 heterocycles. The van der Waals surface area contributed by atoms with Crippen molar-refractivity contribution in [2.75, 3.05) is 6.54 Å². The number of hydrogen-bond acceptors (Lipinski definition) is 5. The molecule has 1 atom stereocenters. The summed E-state index contributed by atoms with van der Waals surface area (Å²) in [5.41, 5.74) is 0. The molecule has 0 spiro atoms. The molecule has 0 saturated carbocycles. The van der Waals surface area contributed by atoms with Gasteiger partial charge in [-0.15, -0.1) is 0 Å². The van der Waals surface area contributed by atoms with E-state index in [1.54, 1.807) is 0 Å². The standard InChI is InChI=1S/C9H13N3O4/c13-9-12-7(5-6-11(14)15)3-1-2-4-8(12)10-16-9/h7H,1-6H2/t7-/m0/s1. The van der Waals surface area contributed by atoms with Crippen LogP contribution in [0.5, 0.6) is 0 Å². The first-order valence-electron chi connectivity index (χ1n) is 5.37. The van der Waals surface area contributed by atoms with Gasteiger partial charge in [0.1, 0.15) is 0 Å². The van der Waals surface area contributed by atoms with E-state index in [0.717, 1.165) is 19.3 Å². The van der Waals surface area contributed by atoms with Gasteiger partial charge in [-0.1, -0.05) is 11.6 Å². The molecule has 7 nitrogen and oxygen atoms in total. The average molecular weight is 227 g/mol. The summed E-state index contributed by atoms with van der Waals surface area (Å²) in [4.78, 5) is 21.4. The van der Waals surface area contributed by atoms with Crippen LogP contribution in [0, 0.1) is 10.1 Å². The highest BCUT2D eigenvalue weighted by Gasteiger charge is 2.24. The summed E-state index contributed by atoms with van der Waals surface area (Å²) in [6, 6.07) is -0.137. The molecule has 0 amide bonds. The fourth-order valence-electron chi connectivity index (χ4n) is 2.13. The fourth-order valence-corrected chi connectivity index (χ4v) is 2.13. The van der Waals surface area contributed by atoms with E-state index in [4.69, 9.17) is 0 Å². The summed E-state index contributed by atoms with van der Waals surface area (Å²) in [5.74, 6) is 0.126. The van der Waals surface area contributed by atoms with Gasteiger partial charge in [-0.05, 0) is 12.8 Å². The van der Waals surface area contributed by atoms with Crippen LogP contribution in [0.4, 0.5) is 0 Å². The third-order valence-corrected chi connectivity index (χ3v) is 2.90. The zero-order valence-electron chi connectivity index (χ0n) is 8.79. The van der Waals surface area contributed by atoms with Crippen LogP contribution in [0.1, 0.15) is 37.5 Å². The minimum absolute atomic E-state index is 0.123. The lowest BCUT2D eigenvalue weighted by atomic mass is 10.1. The number of aryl methyl sites for hydroxylation is 1. The highest BCUT2D eigenvalue weighted by molar-refractivity contribution is 4.91. The molecule has 0 aliphatic carbocycles. The number of nitrogens with zero attached hydrogens (tertiary/aromatic N) is 3. The van der Waals surface area contributed by atoms with Gasteiger partial charge in [0.05, 0.1) is 0 Å². The molecule has 88 valence electrons. The van der Waals surface area contributed by atoms with Gasteiger partial charge in [-0.2, -0.15) is 0 Å². The Kier molecular flexibility index (Phi) is 3.02. The first kappa shape index (κ1) is 10.8. The third-order valence-electron chi connectivity index (χ3n) is 2.90. The minimum Gasteiger partial charge on any atom is -0.296 e. The average Bonchev–Trinajstić information content (AvgIpc) is 2.49. The molecular weight excluding hydrogens is 214 g/mol. The van der Waals surface area contributed by atoms with Crippen LogP contribution in [0.3, 0.4) is 0 Å². The van der Waals surface area contributed by atoms with Crippen LogP contribution < -0.4 is 5.76 Å². The van der Waals surface area contributed by atoms with Crippen molar-refractivity contribution in [3.05, 3.63) is 26.5 Å². The van der Waals surface area contributed by atoms with Gasteiger partial charge in [0.2, 0.25) is 6.54 Å². The van der Waals surface area contributed by atoms with Crippen LogP contribution in [0.2, 0.25) is 0 Å². The van der Waals surface area contributed by atoms with Crippen molar-refractivity contribution in [1.82, 2.24) is 9.72 Å². The monoisotopic (exact) mass is 227 g/mol. The Balaban J connectivity index is 2.21. The Morgan fingerprint density at radius 2 is 2.38 bits per heavy atom. The van der Waals surface area contributed by atoms with Gasteiger partial charge >= 0.3 is 5.76 Å². The Bertz CT molecular complexity index is 436. The second kappa shape index (κ2) is 4.46. The number of rotatable bonds is 3. The fraction of sp³-hybridized carbons (Fsp3) is 0.778. The van der Waals surface area contributed by atoms with E-state index in [2.05, 4.69) is 9.68 Å². The smallest absolute Gasteiger partial charge is 0.296 e. The van der Waals surface area contributed by atoms with E-state index in [1.807, 2.05) is 0 Å². The van der Waals surface area contributed by atoms with Crippen molar-refractivity contribution in [3.63, 3.8) is 0 Å². The van der Waals surface area contributed by atoms with Crippen molar-refractivity contribution in [3.8, 4) is 0 Å². The lowest BCUT2D eigenvalue weighted by molar-refractivity contribution is -0.481. The van der Waals surface area contributed by atoms with E-state index in [9.17, 15) is 14.9 Å². The molecule has 1 aromatic heterocycles. The summed E-state index contributed by atoms with van der Waals surface area (Å²) >= 11 is 0. The molecule has 0 unspecified atom stereocenters. The quantitative estimate of drug-likeness (QED) is 0.561. The van der Waals surface area contributed by atoms with Gasteiger partial charge in [0, 0.05) is 23.8 Å². The summed E-state index contributed by atoms with van der Waals surface area (Å²) in [7, 11) is 0. The van der Waals surface area contributed by atoms with Crippen molar-refractivity contribution in [1.29, 1.82) is 0 Å². The minimum atomic E-state index is -0.495. The molecule has 1 aliphatic heterocycles. The maximum atomic E-state index is 11.4. The molecule has 0 fully saturated rings. The van der Waals surface area contributed by atoms with E-state index in [0.29, 0.717) is 18.7 Å². The molecule has 0 bridgehead atoms. The van der Waals surface area contributed by atoms with E-state index in [1.165, 1.54) is 4.57 Å². The van der Waals surface area contributed by atoms with Crippen molar-refractivity contribution < 1.29 is 9.45 Å². The highest BCUT2D eigenvalue weighted by Crippen LogP contribution is 2.23. The molecule has 0 N–H and O–H groups in total. The van der Waals surface area contributed by atoms with E-state index in [-0.39, 0.29) is 17.5 Å². The molecule has 0 radical (unpaired) electrons. The summed E-state index contributed by atoms with van der Waals surface area (Å²) < 4.78 is 6.08. The van der Waals surface area contributed by atoms with Gasteiger partial charge in [0.15, 0.2) is 5.82 Å². The predicted octanol–water partition coefficient (Wildman–Crippen LogP) is 0.771. The van der Waals surface area contributed by atoms with Gasteiger partial charge in [-0.25, -0.2) is 4.79 Å².